The third-order valence-corrected chi connectivity index (χ3v) is 4.51. The molecule has 0 radical (unpaired) electrons. The number of amides is 1. The molecule has 1 amide bonds. The minimum atomic E-state index is -4.64. The number of anilines is 1. The van der Waals surface area contributed by atoms with Crippen LogP contribution >= 0.6 is 23.2 Å². The number of carboxylic acids is 1. The molecule has 0 saturated heterocycles. The number of carboxylic acid groups (broad SMARTS) is 1. The average molecular weight is 544 g/mol. The van der Waals surface area contributed by atoms with Crippen LogP contribution in [0.5, 0.6) is 0 Å². The third kappa shape index (κ3) is 7.79. The fourth-order valence-electron chi connectivity index (χ4n) is 2.25. The molecule has 0 atom stereocenters. The maximum atomic E-state index is 12.7. The third-order valence-electron chi connectivity index (χ3n) is 3.91. The summed E-state index contributed by atoms with van der Waals surface area (Å²) in [6, 6.07) is 5.78. The molecule has 0 spiro atoms. The number of hydrogen-bond donors (Lipinski definition) is 2. The Kier molecular flexibility index (Phi) is 8.63. The van der Waals surface area contributed by atoms with Gasteiger partial charge >= 0.3 is 18.3 Å². The van der Waals surface area contributed by atoms with E-state index < -0.39 is 57.5 Å². The molecule has 2 aromatic heterocycles. The standard InChI is InChI=1S/C13H7ClF4N2O.C7H3ClF3NO2/c14-11-10(5-7(6-19-11)13(16,17)18)12(21)20-9-3-1-8(15)2-4-9;8-5-4(6(13)14)1-3(2-12-5)7(9,10)11/h1-6H,(H,20,21);1-2H,(H,13,14). The van der Waals surface area contributed by atoms with E-state index >= 15 is 0 Å². The van der Waals surface area contributed by atoms with Crippen LogP contribution in [0.15, 0.2) is 48.8 Å². The zero-order chi connectivity index (χ0) is 26.6. The van der Waals surface area contributed by atoms with Crippen LogP contribution in [0.25, 0.3) is 0 Å². The van der Waals surface area contributed by atoms with Gasteiger partial charge in [0.15, 0.2) is 0 Å². The number of nitrogens with zero attached hydrogens (tertiary/aromatic N) is 2. The highest BCUT2D eigenvalue weighted by Crippen LogP contribution is 2.31. The van der Waals surface area contributed by atoms with Crippen LogP contribution in [-0.4, -0.2) is 27.0 Å². The summed E-state index contributed by atoms with van der Waals surface area (Å²) in [5.74, 6) is -2.93. The van der Waals surface area contributed by atoms with E-state index in [4.69, 9.17) is 28.3 Å². The van der Waals surface area contributed by atoms with Crippen LogP contribution < -0.4 is 5.32 Å². The molecule has 15 heteroatoms. The highest BCUT2D eigenvalue weighted by Gasteiger charge is 2.33. The van der Waals surface area contributed by atoms with E-state index in [1.54, 1.807) is 0 Å². The maximum Gasteiger partial charge on any atom is 0.417 e. The van der Waals surface area contributed by atoms with Gasteiger partial charge in [-0.1, -0.05) is 23.2 Å². The molecule has 6 nitrogen and oxygen atoms in total. The van der Waals surface area contributed by atoms with E-state index in [-0.39, 0.29) is 10.8 Å². The summed E-state index contributed by atoms with van der Waals surface area (Å²) in [7, 11) is 0. The summed E-state index contributed by atoms with van der Waals surface area (Å²) in [6.45, 7) is 0. The summed E-state index contributed by atoms with van der Waals surface area (Å²) in [5.41, 5.74) is -3.09. The average Bonchev–Trinajstić information content (AvgIpc) is 2.74. The van der Waals surface area contributed by atoms with Crippen LogP contribution in [0.3, 0.4) is 0 Å². The number of aromatic nitrogens is 2. The predicted molar refractivity (Wildman–Crippen MR) is 110 cm³/mol. The first-order chi connectivity index (χ1) is 16.1. The summed E-state index contributed by atoms with van der Waals surface area (Å²) < 4.78 is 86.7. The normalized spacial score (nSPS) is 11.3. The molecule has 0 saturated carbocycles. The molecule has 2 N–H and O–H groups in total. The SMILES string of the molecule is O=C(Nc1ccc(F)cc1)c1cc(C(F)(F)F)cnc1Cl.O=C(O)c1cc(C(F)(F)F)cnc1Cl. The van der Waals surface area contributed by atoms with Crippen molar-refractivity contribution in [3.8, 4) is 0 Å². The second kappa shape index (κ2) is 10.9. The van der Waals surface area contributed by atoms with Crippen molar-refractivity contribution in [1.82, 2.24) is 9.97 Å². The monoisotopic (exact) mass is 543 g/mol. The summed E-state index contributed by atoms with van der Waals surface area (Å²) in [6.07, 6.45) is -8.24. The minimum Gasteiger partial charge on any atom is -0.478 e. The topological polar surface area (TPSA) is 92.2 Å². The number of benzene rings is 1. The molecule has 0 bridgehead atoms. The van der Waals surface area contributed by atoms with Crippen LogP contribution in [-0.2, 0) is 12.4 Å². The smallest absolute Gasteiger partial charge is 0.417 e. The first kappa shape index (κ1) is 27.8. The number of aromatic carboxylic acids is 1. The second-order valence-corrected chi connectivity index (χ2v) is 7.10. The lowest BCUT2D eigenvalue weighted by Gasteiger charge is -2.10. The number of pyridine rings is 2. The molecule has 0 unspecified atom stereocenters. The quantitative estimate of drug-likeness (QED) is 0.287. The van der Waals surface area contributed by atoms with E-state index in [1.165, 1.54) is 12.1 Å². The Labute approximate surface area is 201 Å². The highest BCUT2D eigenvalue weighted by atomic mass is 35.5. The van der Waals surface area contributed by atoms with Crippen molar-refractivity contribution in [2.45, 2.75) is 12.4 Å². The number of hydrogen-bond acceptors (Lipinski definition) is 4. The molecule has 1 aromatic carbocycles. The van der Waals surface area contributed by atoms with Gasteiger partial charge in [0.1, 0.15) is 16.1 Å². The number of carbonyl (C=O) groups excluding carboxylic acids is 1. The number of carbonyl (C=O) groups is 2. The van der Waals surface area contributed by atoms with Gasteiger partial charge in [-0.25, -0.2) is 19.2 Å². The van der Waals surface area contributed by atoms with Gasteiger partial charge in [0.25, 0.3) is 5.91 Å². The molecular weight excluding hydrogens is 534 g/mol. The molecule has 0 aliphatic rings. The zero-order valence-corrected chi connectivity index (χ0v) is 18.2. The lowest BCUT2D eigenvalue weighted by molar-refractivity contribution is -0.138. The molecule has 3 aromatic rings. The largest absolute Gasteiger partial charge is 0.478 e. The van der Waals surface area contributed by atoms with Crippen molar-refractivity contribution in [2.24, 2.45) is 0 Å². The lowest BCUT2D eigenvalue weighted by atomic mass is 10.2. The number of halogens is 9. The summed E-state index contributed by atoms with van der Waals surface area (Å²) in [5, 5.41) is 9.95. The minimum absolute atomic E-state index is 0.217. The fraction of sp³-hybridized carbons (Fsp3) is 0.100. The molecule has 186 valence electrons. The molecule has 0 aliphatic heterocycles. The Bertz CT molecular complexity index is 1230. The van der Waals surface area contributed by atoms with E-state index in [0.29, 0.717) is 24.5 Å². The maximum absolute atomic E-state index is 12.7. The summed E-state index contributed by atoms with van der Waals surface area (Å²) in [4.78, 5) is 28.8. The predicted octanol–water partition coefficient (Wildman–Crippen LogP) is 6.60. The molecule has 0 fully saturated rings. The van der Waals surface area contributed by atoms with Crippen LogP contribution in [0, 0.1) is 5.82 Å². The van der Waals surface area contributed by atoms with Crippen molar-refractivity contribution in [3.63, 3.8) is 0 Å². The van der Waals surface area contributed by atoms with Crippen molar-refractivity contribution in [2.75, 3.05) is 5.32 Å². The molecule has 0 aliphatic carbocycles. The molecule has 35 heavy (non-hydrogen) atoms. The van der Waals surface area contributed by atoms with Gasteiger partial charge in [-0.3, -0.25) is 4.79 Å². The highest BCUT2D eigenvalue weighted by molar-refractivity contribution is 6.33. The zero-order valence-electron chi connectivity index (χ0n) is 16.7. The van der Waals surface area contributed by atoms with Gasteiger partial charge in [-0.2, -0.15) is 26.3 Å². The Morgan fingerprint density at radius 1 is 0.800 bits per heavy atom. The number of rotatable bonds is 3. The molecule has 3 rings (SSSR count). The number of alkyl halides is 6. The van der Waals surface area contributed by atoms with E-state index in [0.717, 1.165) is 12.1 Å². The van der Waals surface area contributed by atoms with Crippen molar-refractivity contribution in [1.29, 1.82) is 0 Å². The van der Waals surface area contributed by atoms with Crippen LogP contribution in [0.2, 0.25) is 10.3 Å². The Hall–Kier alpha value is -3.45. The van der Waals surface area contributed by atoms with Crippen LogP contribution in [0.4, 0.5) is 36.4 Å². The van der Waals surface area contributed by atoms with Crippen molar-refractivity contribution < 1.29 is 45.4 Å². The van der Waals surface area contributed by atoms with Gasteiger partial charge in [-0.05, 0) is 36.4 Å². The Balaban J connectivity index is 0.000000269. The first-order valence-corrected chi connectivity index (χ1v) is 9.61. The first-order valence-electron chi connectivity index (χ1n) is 8.85. The van der Waals surface area contributed by atoms with E-state index in [1.807, 2.05) is 0 Å². The van der Waals surface area contributed by atoms with E-state index in [2.05, 4.69) is 15.3 Å². The fourth-order valence-corrected chi connectivity index (χ4v) is 2.62. The van der Waals surface area contributed by atoms with Gasteiger partial charge in [0.2, 0.25) is 0 Å². The Morgan fingerprint density at radius 2 is 1.23 bits per heavy atom. The van der Waals surface area contributed by atoms with Crippen molar-refractivity contribution >= 4 is 40.8 Å². The summed E-state index contributed by atoms with van der Waals surface area (Å²) >= 11 is 10.9. The van der Waals surface area contributed by atoms with Crippen molar-refractivity contribution in [3.05, 3.63) is 87.2 Å². The molecular formula is C20H10Cl2F7N3O3. The molecule has 2 heterocycles. The Morgan fingerprint density at radius 3 is 1.66 bits per heavy atom. The van der Waals surface area contributed by atoms with Gasteiger partial charge in [0.05, 0.1) is 22.3 Å². The van der Waals surface area contributed by atoms with Gasteiger partial charge in [0, 0.05) is 18.1 Å². The van der Waals surface area contributed by atoms with Crippen LogP contribution in [0.1, 0.15) is 31.8 Å². The number of nitrogens with one attached hydrogen (secondary N) is 1. The van der Waals surface area contributed by atoms with Gasteiger partial charge in [-0.15, -0.1) is 0 Å². The van der Waals surface area contributed by atoms with Gasteiger partial charge < -0.3 is 10.4 Å². The van der Waals surface area contributed by atoms with E-state index in [9.17, 15) is 40.3 Å². The lowest BCUT2D eigenvalue weighted by Crippen LogP contribution is -2.15. The second-order valence-electron chi connectivity index (χ2n) is 6.39.